The summed E-state index contributed by atoms with van der Waals surface area (Å²) in [6.45, 7) is 9.79. The Morgan fingerprint density at radius 3 is 2.14 bits per heavy atom. The van der Waals surface area contributed by atoms with Gasteiger partial charge in [0.25, 0.3) is 0 Å². The topological polar surface area (TPSA) is 0 Å². The molecule has 5 rings (SSSR count). The SMILES string of the molecule is C.C.C.C.CC1(C)C2=C(c3ccccc31)C(C)(C)C1C=Cc3ccccc3C2C1. The lowest BCUT2D eigenvalue weighted by Gasteiger charge is -2.44. The molecule has 0 aliphatic heterocycles. The first-order chi connectivity index (χ1) is 11.9. The molecule has 0 radical (unpaired) electrons. The van der Waals surface area contributed by atoms with Gasteiger partial charge in [-0.25, -0.2) is 0 Å². The second-order valence-electron chi connectivity index (χ2n) is 9.06. The zero-order valence-corrected chi connectivity index (χ0v) is 15.6. The van der Waals surface area contributed by atoms with E-state index in [0.29, 0.717) is 11.8 Å². The predicted molar refractivity (Wildman–Crippen MR) is 133 cm³/mol. The van der Waals surface area contributed by atoms with Crippen molar-refractivity contribution in [2.75, 3.05) is 0 Å². The molecule has 0 saturated carbocycles. The van der Waals surface area contributed by atoms with E-state index in [1.54, 1.807) is 11.1 Å². The van der Waals surface area contributed by atoms with Gasteiger partial charge in [0, 0.05) is 11.3 Å². The first-order valence-corrected chi connectivity index (χ1v) is 9.54. The second kappa shape index (κ2) is 7.98. The zero-order chi connectivity index (χ0) is 17.4. The van der Waals surface area contributed by atoms with Gasteiger partial charge in [-0.1, -0.05) is 118 Å². The monoisotopic (exact) mass is 390 g/mol. The van der Waals surface area contributed by atoms with Crippen LogP contribution in [0.1, 0.15) is 92.0 Å². The summed E-state index contributed by atoms with van der Waals surface area (Å²) in [4.78, 5) is 0. The maximum absolute atomic E-state index is 2.48. The molecule has 2 bridgehead atoms. The molecule has 0 spiro atoms. The van der Waals surface area contributed by atoms with Crippen molar-refractivity contribution >= 4 is 11.6 Å². The van der Waals surface area contributed by atoms with Crippen molar-refractivity contribution in [3.05, 3.63) is 82.4 Å². The van der Waals surface area contributed by atoms with Crippen molar-refractivity contribution in [3.8, 4) is 0 Å². The Morgan fingerprint density at radius 1 is 0.793 bits per heavy atom. The number of rotatable bonds is 0. The van der Waals surface area contributed by atoms with Gasteiger partial charge in [0.05, 0.1) is 0 Å². The summed E-state index contributed by atoms with van der Waals surface area (Å²) in [6, 6.07) is 18.2. The summed E-state index contributed by atoms with van der Waals surface area (Å²) in [5, 5.41) is 0. The Balaban J connectivity index is 0.00000105. The van der Waals surface area contributed by atoms with Gasteiger partial charge in [-0.3, -0.25) is 0 Å². The van der Waals surface area contributed by atoms with Crippen LogP contribution >= 0.6 is 0 Å². The fourth-order valence-corrected chi connectivity index (χ4v) is 5.81. The molecule has 0 N–H and O–H groups in total. The van der Waals surface area contributed by atoms with Gasteiger partial charge in [0.2, 0.25) is 0 Å². The van der Waals surface area contributed by atoms with E-state index in [2.05, 4.69) is 88.4 Å². The summed E-state index contributed by atoms with van der Waals surface area (Å²) in [5.74, 6) is 1.12. The van der Waals surface area contributed by atoms with Crippen LogP contribution in [-0.2, 0) is 5.41 Å². The molecule has 0 fully saturated rings. The first kappa shape index (κ1) is 25.0. The molecule has 2 unspecified atom stereocenters. The molecule has 0 amide bonds. The van der Waals surface area contributed by atoms with E-state index >= 15 is 0 Å². The predicted octanol–water partition coefficient (Wildman–Crippen LogP) is 9.13. The molecule has 0 aromatic heterocycles. The average molecular weight is 391 g/mol. The maximum atomic E-state index is 2.48. The van der Waals surface area contributed by atoms with Crippen molar-refractivity contribution in [2.45, 2.75) is 75.2 Å². The summed E-state index contributed by atoms with van der Waals surface area (Å²) >= 11 is 0. The third-order valence-electron chi connectivity index (χ3n) is 7.10. The van der Waals surface area contributed by atoms with Gasteiger partial charge in [0.15, 0.2) is 0 Å². The Kier molecular flexibility index (Phi) is 6.87. The summed E-state index contributed by atoms with van der Waals surface area (Å²) in [7, 11) is 0. The van der Waals surface area contributed by atoms with Crippen LogP contribution in [0.2, 0.25) is 0 Å². The molecule has 2 aromatic carbocycles. The Morgan fingerprint density at radius 2 is 1.41 bits per heavy atom. The smallest absolute Gasteiger partial charge is 0.0123 e. The van der Waals surface area contributed by atoms with E-state index in [1.807, 2.05) is 0 Å². The third kappa shape index (κ3) is 3.12. The highest BCUT2D eigenvalue weighted by molar-refractivity contribution is 5.86. The van der Waals surface area contributed by atoms with E-state index in [-0.39, 0.29) is 40.5 Å². The summed E-state index contributed by atoms with van der Waals surface area (Å²) < 4.78 is 0. The molecular weight excluding hydrogens is 348 g/mol. The van der Waals surface area contributed by atoms with E-state index in [1.165, 1.54) is 28.7 Å². The molecule has 158 valence electrons. The quantitative estimate of drug-likeness (QED) is 0.420. The molecule has 0 heteroatoms. The number of allylic oxidation sites excluding steroid dienone is 3. The van der Waals surface area contributed by atoms with E-state index in [9.17, 15) is 0 Å². The van der Waals surface area contributed by atoms with Crippen molar-refractivity contribution < 1.29 is 0 Å². The molecule has 0 nitrogen and oxygen atoms in total. The average Bonchev–Trinajstić information content (AvgIpc) is 2.74. The Labute approximate surface area is 180 Å². The number of hydrogen-bond donors (Lipinski definition) is 0. The van der Waals surface area contributed by atoms with Gasteiger partial charge < -0.3 is 0 Å². The molecule has 0 heterocycles. The first-order valence-electron chi connectivity index (χ1n) is 9.54. The van der Waals surface area contributed by atoms with Crippen molar-refractivity contribution in [1.82, 2.24) is 0 Å². The minimum Gasteiger partial charge on any atom is -0.0799 e. The molecule has 0 saturated heterocycles. The standard InChI is InChI=1S/C25H26.4CH4/c1-24(2)17-14-13-16-9-5-6-10-18(16)20(15-17)23-22(24)19-11-7-8-12-21(19)25(23,3)4;;;;/h5-14,17,20H,15H2,1-4H3;4*1H4. The highest BCUT2D eigenvalue weighted by Crippen LogP contribution is 2.64. The molecular formula is C29H42. The lowest BCUT2D eigenvalue weighted by molar-refractivity contribution is 0.301. The fraction of sp³-hybridized carbons (Fsp3) is 0.448. The number of hydrogen-bond acceptors (Lipinski definition) is 0. The highest BCUT2D eigenvalue weighted by Gasteiger charge is 2.51. The van der Waals surface area contributed by atoms with Crippen LogP contribution in [-0.4, -0.2) is 0 Å². The zero-order valence-electron chi connectivity index (χ0n) is 15.6. The summed E-state index contributed by atoms with van der Waals surface area (Å²) in [6.07, 6.45) is 6.09. The van der Waals surface area contributed by atoms with Crippen LogP contribution in [0.25, 0.3) is 11.6 Å². The van der Waals surface area contributed by atoms with Crippen molar-refractivity contribution in [2.24, 2.45) is 11.3 Å². The Bertz CT molecular complexity index is 936. The van der Waals surface area contributed by atoms with Crippen LogP contribution in [0.4, 0.5) is 0 Å². The van der Waals surface area contributed by atoms with Crippen LogP contribution < -0.4 is 0 Å². The molecule has 29 heavy (non-hydrogen) atoms. The van der Waals surface area contributed by atoms with Crippen LogP contribution in [0.5, 0.6) is 0 Å². The van der Waals surface area contributed by atoms with Gasteiger partial charge in [-0.05, 0) is 51.2 Å². The molecule has 3 aliphatic rings. The fourth-order valence-electron chi connectivity index (χ4n) is 5.81. The van der Waals surface area contributed by atoms with Gasteiger partial charge in [0.1, 0.15) is 0 Å². The molecule has 2 atom stereocenters. The van der Waals surface area contributed by atoms with Gasteiger partial charge in [-0.2, -0.15) is 0 Å². The third-order valence-corrected chi connectivity index (χ3v) is 7.10. The molecule has 2 aromatic rings. The van der Waals surface area contributed by atoms with E-state index in [0.717, 1.165) is 0 Å². The maximum Gasteiger partial charge on any atom is 0.0123 e. The highest BCUT2D eigenvalue weighted by atomic mass is 14.5. The van der Waals surface area contributed by atoms with Gasteiger partial charge >= 0.3 is 0 Å². The second-order valence-corrected chi connectivity index (χ2v) is 9.06. The van der Waals surface area contributed by atoms with Crippen LogP contribution in [0.15, 0.2) is 60.2 Å². The van der Waals surface area contributed by atoms with Crippen LogP contribution in [0.3, 0.4) is 0 Å². The normalized spacial score (nSPS) is 23.6. The molecule has 3 aliphatic carbocycles. The van der Waals surface area contributed by atoms with E-state index < -0.39 is 0 Å². The largest absolute Gasteiger partial charge is 0.0799 e. The van der Waals surface area contributed by atoms with Crippen molar-refractivity contribution in [1.29, 1.82) is 0 Å². The minimum atomic E-state index is 0. The van der Waals surface area contributed by atoms with Crippen LogP contribution in [0, 0.1) is 11.3 Å². The minimum absolute atomic E-state index is 0. The van der Waals surface area contributed by atoms with Crippen molar-refractivity contribution in [3.63, 3.8) is 0 Å². The van der Waals surface area contributed by atoms with Gasteiger partial charge in [-0.15, -0.1) is 0 Å². The lowest BCUT2D eigenvalue weighted by atomic mass is 9.59. The number of benzene rings is 2. The number of fused-ring (bicyclic) bond motifs is 7. The summed E-state index contributed by atoms with van der Waals surface area (Å²) in [5.41, 5.74) is 9.51. The Hall–Kier alpha value is -2.08. The lowest BCUT2D eigenvalue weighted by Crippen LogP contribution is -2.34. The van der Waals surface area contributed by atoms with E-state index in [4.69, 9.17) is 0 Å².